The summed E-state index contributed by atoms with van der Waals surface area (Å²) >= 11 is 0. The number of nitrogens with zero attached hydrogens (tertiary/aromatic N) is 2. The summed E-state index contributed by atoms with van der Waals surface area (Å²) in [6, 6.07) is 9.70. The Kier molecular flexibility index (Phi) is 5.31. The van der Waals surface area contributed by atoms with Gasteiger partial charge in [-0.2, -0.15) is 0 Å². The van der Waals surface area contributed by atoms with E-state index in [1.807, 2.05) is 44.2 Å². The summed E-state index contributed by atoms with van der Waals surface area (Å²) in [6.07, 6.45) is 4.72. The molecule has 132 valence electrons. The molecule has 2 atom stereocenters. The molecule has 1 aromatic heterocycles. The van der Waals surface area contributed by atoms with Crippen molar-refractivity contribution >= 4 is 17.5 Å². The Bertz CT molecular complexity index is 739. The third-order valence-electron chi connectivity index (χ3n) is 4.79. The topological polar surface area (TPSA) is 66.9 Å². The number of anilines is 2. The second-order valence-electron chi connectivity index (χ2n) is 7.02. The van der Waals surface area contributed by atoms with Crippen molar-refractivity contribution in [1.29, 1.82) is 0 Å². The monoisotopic (exact) mass is 338 g/mol. The van der Waals surface area contributed by atoms with Gasteiger partial charge in [-0.1, -0.05) is 25.8 Å². The number of rotatable bonds is 4. The largest absolute Gasteiger partial charge is 0.349 e. The van der Waals surface area contributed by atoms with Crippen LogP contribution in [0.4, 0.5) is 11.6 Å². The van der Waals surface area contributed by atoms with E-state index < -0.39 is 0 Å². The van der Waals surface area contributed by atoms with Crippen molar-refractivity contribution in [3.05, 3.63) is 47.3 Å². The van der Waals surface area contributed by atoms with E-state index in [2.05, 4.69) is 27.5 Å². The number of hydrogen-bond acceptors (Lipinski definition) is 4. The molecule has 25 heavy (non-hydrogen) atoms. The average Bonchev–Trinajstić information content (AvgIpc) is 2.56. The molecule has 2 N–H and O–H groups in total. The third kappa shape index (κ3) is 4.56. The van der Waals surface area contributed by atoms with Crippen molar-refractivity contribution in [1.82, 2.24) is 15.3 Å². The van der Waals surface area contributed by atoms with Gasteiger partial charge in [0.05, 0.1) is 0 Å². The molecule has 2 unspecified atom stereocenters. The van der Waals surface area contributed by atoms with Crippen LogP contribution in [-0.2, 0) is 0 Å². The molecular formula is C20H26N4O. The predicted molar refractivity (Wildman–Crippen MR) is 100 cm³/mol. The van der Waals surface area contributed by atoms with Crippen LogP contribution in [-0.4, -0.2) is 21.9 Å². The van der Waals surface area contributed by atoms with Crippen LogP contribution in [0.25, 0.3) is 0 Å². The number of carbonyl (C=O) groups excluding carboxylic acids is 1. The fraction of sp³-hybridized carbons (Fsp3) is 0.450. The van der Waals surface area contributed by atoms with E-state index in [1.165, 1.54) is 19.3 Å². The summed E-state index contributed by atoms with van der Waals surface area (Å²) in [5.41, 5.74) is 3.30. The van der Waals surface area contributed by atoms with Crippen LogP contribution in [0.1, 0.15) is 54.4 Å². The van der Waals surface area contributed by atoms with E-state index in [0.717, 1.165) is 23.5 Å². The van der Waals surface area contributed by atoms with Gasteiger partial charge in [-0.3, -0.25) is 4.79 Å². The van der Waals surface area contributed by atoms with Gasteiger partial charge >= 0.3 is 0 Å². The maximum atomic E-state index is 12.6. The molecule has 1 amide bonds. The zero-order valence-electron chi connectivity index (χ0n) is 15.2. The van der Waals surface area contributed by atoms with E-state index in [9.17, 15) is 4.79 Å². The minimum Gasteiger partial charge on any atom is -0.349 e. The maximum absolute atomic E-state index is 12.6. The lowest BCUT2D eigenvalue weighted by atomic mass is 9.86. The molecule has 1 fully saturated rings. The SMILES string of the molecule is Cc1cc(C)nc(Nc2cccc(C(=O)NC3CCCCC3C)c2)n1. The Balaban J connectivity index is 1.71. The highest BCUT2D eigenvalue weighted by Gasteiger charge is 2.23. The molecule has 5 nitrogen and oxygen atoms in total. The van der Waals surface area contributed by atoms with E-state index in [0.29, 0.717) is 17.4 Å². The van der Waals surface area contributed by atoms with E-state index in [4.69, 9.17) is 0 Å². The highest BCUT2D eigenvalue weighted by atomic mass is 16.1. The number of benzene rings is 1. The van der Waals surface area contributed by atoms with E-state index >= 15 is 0 Å². The zero-order valence-corrected chi connectivity index (χ0v) is 15.2. The van der Waals surface area contributed by atoms with Gasteiger partial charge < -0.3 is 10.6 Å². The molecule has 2 aromatic rings. The maximum Gasteiger partial charge on any atom is 0.251 e. The number of hydrogen-bond donors (Lipinski definition) is 2. The Morgan fingerprint density at radius 3 is 2.52 bits per heavy atom. The quantitative estimate of drug-likeness (QED) is 0.879. The van der Waals surface area contributed by atoms with Crippen LogP contribution >= 0.6 is 0 Å². The second-order valence-corrected chi connectivity index (χ2v) is 7.02. The minimum atomic E-state index is -0.0104. The number of amides is 1. The summed E-state index contributed by atoms with van der Waals surface area (Å²) in [5, 5.41) is 6.39. The molecule has 0 saturated heterocycles. The van der Waals surface area contributed by atoms with E-state index in [-0.39, 0.29) is 11.9 Å². The summed E-state index contributed by atoms with van der Waals surface area (Å²) in [7, 11) is 0. The standard InChI is InChI=1S/C20H26N4O/c1-13-7-4-5-10-18(13)24-19(25)16-8-6-9-17(12-16)23-20-21-14(2)11-15(3)22-20/h6,8-9,11-13,18H,4-5,7,10H2,1-3H3,(H,24,25)(H,21,22,23). The molecule has 1 aliphatic rings. The van der Waals surface area contributed by atoms with Crippen molar-refractivity contribution in [2.24, 2.45) is 5.92 Å². The Labute approximate surface area is 149 Å². The molecule has 0 radical (unpaired) electrons. The molecule has 0 bridgehead atoms. The van der Waals surface area contributed by atoms with Gasteiger partial charge in [0.1, 0.15) is 0 Å². The molecule has 1 saturated carbocycles. The van der Waals surface area contributed by atoms with Crippen molar-refractivity contribution in [2.45, 2.75) is 52.5 Å². The molecule has 5 heteroatoms. The highest BCUT2D eigenvalue weighted by molar-refractivity contribution is 5.95. The van der Waals surface area contributed by atoms with Crippen LogP contribution in [0.2, 0.25) is 0 Å². The van der Waals surface area contributed by atoms with Crippen LogP contribution in [0.15, 0.2) is 30.3 Å². The lowest BCUT2D eigenvalue weighted by Gasteiger charge is -2.29. The fourth-order valence-corrected chi connectivity index (χ4v) is 3.43. The molecule has 1 aliphatic carbocycles. The lowest BCUT2D eigenvalue weighted by Crippen LogP contribution is -2.41. The number of aryl methyl sites for hydroxylation is 2. The number of aromatic nitrogens is 2. The van der Waals surface area contributed by atoms with Crippen LogP contribution in [0.5, 0.6) is 0 Å². The molecule has 0 aliphatic heterocycles. The van der Waals surface area contributed by atoms with Gasteiger partial charge in [-0.25, -0.2) is 9.97 Å². The van der Waals surface area contributed by atoms with Crippen LogP contribution in [0, 0.1) is 19.8 Å². The van der Waals surface area contributed by atoms with Gasteiger partial charge in [0.2, 0.25) is 5.95 Å². The number of carbonyl (C=O) groups is 1. The van der Waals surface area contributed by atoms with Gasteiger partial charge in [0, 0.05) is 28.7 Å². The summed E-state index contributed by atoms with van der Waals surface area (Å²) < 4.78 is 0. The second kappa shape index (κ2) is 7.64. The highest BCUT2D eigenvalue weighted by Crippen LogP contribution is 2.24. The smallest absolute Gasteiger partial charge is 0.251 e. The molecule has 3 rings (SSSR count). The molecule has 1 heterocycles. The van der Waals surface area contributed by atoms with Gasteiger partial charge in [0.25, 0.3) is 5.91 Å². The van der Waals surface area contributed by atoms with Crippen LogP contribution in [0.3, 0.4) is 0 Å². The fourth-order valence-electron chi connectivity index (χ4n) is 3.43. The first kappa shape index (κ1) is 17.4. The first-order valence-corrected chi connectivity index (χ1v) is 9.01. The first-order valence-electron chi connectivity index (χ1n) is 9.01. The summed E-state index contributed by atoms with van der Waals surface area (Å²) in [5.74, 6) is 1.09. The zero-order chi connectivity index (χ0) is 17.8. The van der Waals surface area contributed by atoms with E-state index in [1.54, 1.807) is 0 Å². The average molecular weight is 338 g/mol. The molecule has 0 spiro atoms. The Morgan fingerprint density at radius 1 is 1.08 bits per heavy atom. The first-order chi connectivity index (χ1) is 12.0. The van der Waals surface area contributed by atoms with Crippen molar-refractivity contribution in [2.75, 3.05) is 5.32 Å². The van der Waals surface area contributed by atoms with Gasteiger partial charge in [0.15, 0.2) is 0 Å². The van der Waals surface area contributed by atoms with Gasteiger partial charge in [-0.05, 0) is 56.9 Å². The molecular weight excluding hydrogens is 312 g/mol. The molecule has 1 aromatic carbocycles. The summed E-state index contributed by atoms with van der Waals surface area (Å²) in [4.78, 5) is 21.4. The Hall–Kier alpha value is -2.43. The van der Waals surface area contributed by atoms with Crippen molar-refractivity contribution < 1.29 is 4.79 Å². The summed E-state index contributed by atoms with van der Waals surface area (Å²) in [6.45, 7) is 6.10. The minimum absolute atomic E-state index is 0.0104. The predicted octanol–water partition coefficient (Wildman–Crippen LogP) is 4.15. The van der Waals surface area contributed by atoms with Gasteiger partial charge in [-0.15, -0.1) is 0 Å². The normalized spacial score (nSPS) is 20.1. The van der Waals surface area contributed by atoms with Crippen LogP contribution < -0.4 is 10.6 Å². The number of nitrogens with one attached hydrogen (secondary N) is 2. The van der Waals surface area contributed by atoms with Crippen molar-refractivity contribution in [3.8, 4) is 0 Å². The Morgan fingerprint density at radius 2 is 1.80 bits per heavy atom. The lowest BCUT2D eigenvalue weighted by molar-refractivity contribution is 0.0910. The van der Waals surface area contributed by atoms with Crippen molar-refractivity contribution in [3.63, 3.8) is 0 Å². The third-order valence-corrected chi connectivity index (χ3v) is 4.79.